The Morgan fingerprint density at radius 1 is 1.00 bits per heavy atom. The van der Waals surface area contributed by atoms with Gasteiger partial charge in [0.15, 0.2) is 0 Å². The van der Waals surface area contributed by atoms with Crippen LogP contribution >= 0.6 is 0 Å². The highest BCUT2D eigenvalue weighted by atomic mass is 14.7. The molecule has 0 aromatic carbocycles. The minimum absolute atomic E-state index is 0.679. The lowest BCUT2D eigenvalue weighted by molar-refractivity contribution is 0.207. The maximum absolute atomic E-state index is 2.49. The molecule has 0 aromatic heterocycles. The van der Waals surface area contributed by atoms with E-state index in [4.69, 9.17) is 0 Å². The van der Waals surface area contributed by atoms with Gasteiger partial charge in [0.1, 0.15) is 0 Å². The van der Waals surface area contributed by atoms with Crippen LogP contribution in [0.4, 0.5) is 0 Å². The molecule has 13 heavy (non-hydrogen) atoms. The van der Waals surface area contributed by atoms with Crippen molar-refractivity contribution in [3.05, 3.63) is 0 Å². The van der Waals surface area contributed by atoms with Crippen molar-refractivity contribution in [3.63, 3.8) is 0 Å². The van der Waals surface area contributed by atoms with Crippen molar-refractivity contribution in [3.8, 4) is 0 Å². The predicted molar refractivity (Wildman–Crippen MR) is 59.8 cm³/mol. The second-order valence-electron chi connectivity index (χ2n) is 5.11. The standard InChI is InChI=1S/C13H26/c1-6-11(7-2)13(9-4)10-12(13,5)8-3/h11H,6-10H2,1-5H3. The van der Waals surface area contributed by atoms with E-state index in [1.54, 1.807) is 0 Å². The zero-order valence-electron chi connectivity index (χ0n) is 10.1. The molecule has 78 valence electrons. The van der Waals surface area contributed by atoms with Crippen LogP contribution < -0.4 is 0 Å². The maximum Gasteiger partial charge on any atom is -0.0213 e. The van der Waals surface area contributed by atoms with E-state index in [1.807, 2.05) is 0 Å². The van der Waals surface area contributed by atoms with E-state index in [9.17, 15) is 0 Å². The van der Waals surface area contributed by atoms with E-state index < -0.39 is 0 Å². The lowest BCUT2D eigenvalue weighted by Gasteiger charge is -2.29. The van der Waals surface area contributed by atoms with Crippen LogP contribution in [0, 0.1) is 16.7 Å². The third-order valence-corrected chi connectivity index (χ3v) is 4.96. The van der Waals surface area contributed by atoms with Crippen LogP contribution in [0.1, 0.15) is 66.7 Å². The van der Waals surface area contributed by atoms with Gasteiger partial charge in [0.05, 0.1) is 0 Å². The largest absolute Gasteiger partial charge is 0.0651 e. The second-order valence-corrected chi connectivity index (χ2v) is 5.11. The number of hydrogen-bond donors (Lipinski definition) is 0. The first-order valence-corrected chi connectivity index (χ1v) is 6.10. The van der Waals surface area contributed by atoms with Crippen LogP contribution in [0.5, 0.6) is 0 Å². The topological polar surface area (TPSA) is 0 Å². The molecule has 0 saturated heterocycles. The Morgan fingerprint density at radius 2 is 1.54 bits per heavy atom. The Kier molecular flexibility index (Phi) is 3.09. The van der Waals surface area contributed by atoms with E-state index in [1.165, 1.54) is 32.1 Å². The first-order valence-electron chi connectivity index (χ1n) is 6.10. The fraction of sp³-hybridized carbons (Fsp3) is 1.00. The zero-order valence-corrected chi connectivity index (χ0v) is 10.1. The first kappa shape index (κ1) is 11.1. The van der Waals surface area contributed by atoms with Crippen LogP contribution in [0.15, 0.2) is 0 Å². The normalized spacial score (nSPS) is 38.3. The summed E-state index contributed by atoms with van der Waals surface area (Å²) in [6, 6.07) is 0. The van der Waals surface area contributed by atoms with Gasteiger partial charge >= 0.3 is 0 Å². The van der Waals surface area contributed by atoms with E-state index in [0.717, 1.165) is 5.92 Å². The summed E-state index contributed by atoms with van der Waals surface area (Å²) in [5, 5.41) is 0. The average molecular weight is 182 g/mol. The third-order valence-electron chi connectivity index (χ3n) is 4.96. The Bertz CT molecular complexity index is 169. The van der Waals surface area contributed by atoms with Crippen LogP contribution in [-0.2, 0) is 0 Å². The average Bonchev–Trinajstić information content (AvgIpc) is 2.76. The molecule has 2 unspecified atom stereocenters. The lowest BCUT2D eigenvalue weighted by Crippen LogP contribution is -2.20. The number of hydrogen-bond acceptors (Lipinski definition) is 0. The highest BCUT2D eigenvalue weighted by molar-refractivity contribution is 5.12. The van der Waals surface area contributed by atoms with Gasteiger partial charge in [-0.1, -0.05) is 53.9 Å². The molecule has 1 fully saturated rings. The second kappa shape index (κ2) is 3.63. The van der Waals surface area contributed by atoms with Gasteiger partial charge in [0, 0.05) is 0 Å². The summed E-state index contributed by atoms with van der Waals surface area (Å²) in [6.07, 6.45) is 7.00. The van der Waals surface area contributed by atoms with Crippen molar-refractivity contribution in [1.82, 2.24) is 0 Å². The van der Waals surface area contributed by atoms with Gasteiger partial charge in [0.25, 0.3) is 0 Å². The summed E-state index contributed by atoms with van der Waals surface area (Å²) in [6.45, 7) is 12.0. The molecule has 1 rings (SSSR count). The van der Waals surface area contributed by atoms with Crippen LogP contribution in [-0.4, -0.2) is 0 Å². The monoisotopic (exact) mass is 182 g/mol. The minimum Gasteiger partial charge on any atom is -0.0651 e. The molecule has 0 aromatic rings. The molecule has 0 spiro atoms. The summed E-state index contributed by atoms with van der Waals surface area (Å²) in [7, 11) is 0. The molecule has 0 amide bonds. The summed E-state index contributed by atoms with van der Waals surface area (Å²) in [5.74, 6) is 0.974. The van der Waals surface area contributed by atoms with E-state index >= 15 is 0 Å². The van der Waals surface area contributed by atoms with E-state index in [0.29, 0.717) is 10.8 Å². The molecule has 0 heteroatoms. The molecule has 0 radical (unpaired) electrons. The Balaban J connectivity index is 2.74. The van der Waals surface area contributed by atoms with Gasteiger partial charge in [-0.2, -0.15) is 0 Å². The Labute approximate surface area is 84.1 Å². The van der Waals surface area contributed by atoms with Crippen molar-refractivity contribution in [2.24, 2.45) is 16.7 Å². The smallest absolute Gasteiger partial charge is 0.0213 e. The van der Waals surface area contributed by atoms with E-state index in [-0.39, 0.29) is 0 Å². The van der Waals surface area contributed by atoms with Crippen LogP contribution in [0.25, 0.3) is 0 Å². The molecule has 1 aliphatic rings. The third kappa shape index (κ3) is 1.43. The lowest BCUT2D eigenvalue weighted by atomic mass is 9.76. The summed E-state index contributed by atoms with van der Waals surface area (Å²) in [4.78, 5) is 0. The summed E-state index contributed by atoms with van der Waals surface area (Å²) < 4.78 is 0. The molecule has 0 nitrogen and oxygen atoms in total. The molecule has 2 atom stereocenters. The summed E-state index contributed by atoms with van der Waals surface area (Å²) in [5.41, 5.74) is 1.39. The Hall–Kier alpha value is 0. The summed E-state index contributed by atoms with van der Waals surface area (Å²) >= 11 is 0. The van der Waals surface area contributed by atoms with Gasteiger partial charge in [-0.15, -0.1) is 0 Å². The van der Waals surface area contributed by atoms with Crippen LogP contribution in [0.2, 0.25) is 0 Å². The van der Waals surface area contributed by atoms with Gasteiger partial charge in [0.2, 0.25) is 0 Å². The molecule has 0 heterocycles. The van der Waals surface area contributed by atoms with Gasteiger partial charge in [-0.3, -0.25) is 0 Å². The van der Waals surface area contributed by atoms with Gasteiger partial charge in [-0.05, 0) is 29.6 Å². The maximum atomic E-state index is 2.49. The SMILES string of the molecule is CCC(CC)C1(CC)CC1(C)CC. The fourth-order valence-electron chi connectivity index (χ4n) is 3.68. The Morgan fingerprint density at radius 3 is 1.77 bits per heavy atom. The van der Waals surface area contributed by atoms with Crippen molar-refractivity contribution < 1.29 is 0 Å². The molecular formula is C13H26. The molecule has 1 saturated carbocycles. The van der Waals surface area contributed by atoms with Gasteiger partial charge in [-0.25, -0.2) is 0 Å². The molecule has 1 aliphatic carbocycles. The zero-order chi connectivity index (χ0) is 10.1. The van der Waals surface area contributed by atoms with Crippen LogP contribution in [0.3, 0.4) is 0 Å². The van der Waals surface area contributed by atoms with Crippen molar-refractivity contribution in [2.45, 2.75) is 66.7 Å². The highest BCUT2D eigenvalue weighted by Gasteiger charge is 2.63. The van der Waals surface area contributed by atoms with Crippen molar-refractivity contribution in [2.75, 3.05) is 0 Å². The quantitative estimate of drug-likeness (QED) is 0.581. The molecule has 0 N–H and O–H groups in total. The highest BCUT2D eigenvalue weighted by Crippen LogP contribution is 2.72. The van der Waals surface area contributed by atoms with Crippen molar-refractivity contribution >= 4 is 0 Å². The molecule has 0 aliphatic heterocycles. The fourth-order valence-corrected chi connectivity index (χ4v) is 3.68. The predicted octanol–water partition coefficient (Wildman–Crippen LogP) is 4.64. The number of rotatable bonds is 5. The van der Waals surface area contributed by atoms with Gasteiger partial charge < -0.3 is 0 Å². The molecular weight excluding hydrogens is 156 g/mol. The van der Waals surface area contributed by atoms with Crippen molar-refractivity contribution in [1.29, 1.82) is 0 Å². The van der Waals surface area contributed by atoms with E-state index in [2.05, 4.69) is 34.6 Å². The molecule has 0 bridgehead atoms. The first-order chi connectivity index (χ1) is 6.10. The minimum atomic E-state index is 0.679.